The predicted molar refractivity (Wildman–Crippen MR) is 400 cm³/mol. The molecular formula is C86H96BN3Si. The number of nitrogens with zero attached hydrogens (tertiary/aromatic N) is 3. The summed E-state index contributed by atoms with van der Waals surface area (Å²) in [5, 5.41) is 11.5. The van der Waals surface area contributed by atoms with Gasteiger partial charge in [0.25, 0.3) is 6.71 Å². The van der Waals surface area contributed by atoms with Gasteiger partial charge in [-0.05, 0) is 197 Å². The number of benzene rings is 9. The van der Waals surface area contributed by atoms with Crippen molar-refractivity contribution in [3.05, 3.63) is 190 Å². The van der Waals surface area contributed by atoms with Gasteiger partial charge in [-0.15, -0.1) is 0 Å². The average molecular weight is 1210 g/mol. The summed E-state index contributed by atoms with van der Waals surface area (Å²) >= 11 is 0. The Morgan fingerprint density at radius 2 is 0.769 bits per heavy atom. The molecule has 0 fully saturated rings. The molecule has 4 aliphatic rings. The first-order chi connectivity index (χ1) is 42.2. The molecule has 0 radical (unpaired) electrons. The second-order valence-corrected chi connectivity index (χ2v) is 40.1. The fourth-order valence-electron chi connectivity index (χ4n) is 16.4. The molecule has 0 bridgehead atoms. The molecule has 0 N–H and O–H groups in total. The van der Waals surface area contributed by atoms with Crippen LogP contribution in [-0.4, -0.2) is 23.9 Å². The van der Waals surface area contributed by atoms with Crippen LogP contribution in [0.2, 0.25) is 0 Å². The van der Waals surface area contributed by atoms with Crippen LogP contribution in [0.25, 0.3) is 66.1 Å². The number of fused-ring (bicyclic) bond motifs is 14. The molecule has 9 aromatic carbocycles. The highest BCUT2D eigenvalue weighted by atomic mass is 28.3. The molecule has 4 aliphatic heterocycles. The summed E-state index contributed by atoms with van der Waals surface area (Å²) in [7, 11) is -3.23. The summed E-state index contributed by atoms with van der Waals surface area (Å²) in [5.41, 5.74) is 29.1. The molecule has 3 nitrogen and oxygen atoms in total. The lowest BCUT2D eigenvalue weighted by Gasteiger charge is -2.43. The van der Waals surface area contributed by atoms with Crippen molar-refractivity contribution in [2.45, 2.75) is 209 Å². The Kier molecular flexibility index (Phi) is 12.2. The highest BCUT2D eigenvalue weighted by Crippen LogP contribution is 2.50. The molecule has 0 saturated carbocycles. The van der Waals surface area contributed by atoms with Crippen LogP contribution in [0.3, 0.4) is 0 Å². The lowest BCUT2D eigenvalue weighted by molar-refractivity contribution is 0.568. The van der Waals surface area contributed by atoms with Gasteiger partial charge in [0.1, 0.15) is 0 Å². The third-order valence-corrected chi connectivity index (χ3v) is 26.7. The quantitative estimate of drug-likeness (QED) is 0.161. The zero-order valence-electron chi connectivity index (χ0n) is 59.3. The van der Waals surface area contributed by atoms with E-state index in [-0.39, 0.29) is 50.0 Å². The Bertz CT molecular complexity index is 4900. The zero-order valence-corrected chi connectivity index (χ0v) is 60.3. The number of anilines is 3. The Balaban J connectivity index is 1.15. The minimum atomic E-state index is -3.23. The van der Waals surface area contributed by atoms with E-state index < -0.39 is 8.07 Å². The molecule has 5 heteroatoms. The topological polar surface area (TPSA) is 13.1 Å². The van der Waals surface area contributed by atoms with Crippen molar-refractivity contribution in [1.82, 2.24) is 9.13 Å². The van der Waals surface area contributed by atoms with Crippen molar-refractivity contribution in [3.8, 4) is 22.5 Å². The second-order valence-electron chi connectivity index (χ2n) is 36.4. The van der Waals surface area contributed by atoms with Crippen LogP contribution in [0.5, 0.6) is 0 Å². The molecule has 0 amide bonds. The number of hydrogen-bond acceptors (Lipinski definition) is 1. The van der Waals surface area contributed by atoms with Crippen molar-refractivity contribution in [1.29, 1.82) is 0 Å². The van der Waals surface area contributed by atoms with E-state index in [0.29, 0.717) is 0 Å². The maximum atomic E-state index is 2.86. The monoisotopic (exact) mass is 1210 g/mol. The van der Waals surface area contributed by atoms with Gasteiger partial charge in [0.05, 0.1) is 22.2 Å². The van der Waals surface area contributed by atoms with Gasteiger partial charge < -0.3 is 14.0 Å². The lowest BCUT2D eigenvalue weighted by atomic mass is 9.34. The van der Waals surface area contributed by atoms with Crippen molar-refractivity contribution >= 4 is 113 Å². The van der Waals surface area contributed by atoms with Gasteiger partial charge in [-0.3, -0.25) is 0 Å². The third kappa shape index (κ3) is 8.49. The van der Waals surface area contributed by atoms with Gasteiger partial charge >= 0.3 is 0 Å². The molecular weight excluding hydrogens is 1110 g/mol. The SMILES string of the molecule is CC(C)(C)c1ccc(N(c2cc(C(C)(C)C)cc(C(C)(C)C)c2)c2ccc3c4c2c2cc(C(C)(C)C)ccc2n4-c2ccc4c5c2B3c2cc(C(C)(C)C)cc3c6cc(C(C)(C)C)cc(c6n-5c23)[Si]42c3cc(C(C)(C)C)ccc3-c3ccc(C(C)(C)C)cc32)cc1. The highest BCUT2D eigenvalue weighted by Gasteiger charge is 2.57. The normalized spacial score (nSPS) is 15.1. The Hall–Kier alpha value is -7.34. The van der Waals surface area contributed by atoms with Gasteiger partial charge in [-0.25, -0.2) is 0 Å². The first kappa shape index (κ1) is 59.9. The lowest BCUT2D eigenvalue weighted by Crippen LogP contribution is -2.77. The Labute approximate surface area is 545 Å². The molecule has 6 heterocycles. The van der Waals surface area contributed by atoms with Crippen LogP contribution in [0.4, 0.5) is 17.1 Å². The third-order valence-electron chi connectivity index (χ3n) is 21.9. The van der Waals surface area contributed by atoms with E-state index in [1.54, 1.807) is 15.6 Å². The van der Waals surface area contributed by atoms with Crippen LogP contribution in [0, 0.1) is 0 Å². The number of hydrogen-bond donors (Lipinski definition) is 0. The summed E-state index contributed by atoms with van der Waals surface area (Å²) in [6.07, 6.45) is 0. The van der Waals surface area contributed by atoms with Crippen molar-refractivity contribution in [3.63, 3.8) is 0 Å². The fourth-order valence-corrected chi connectivity index (χ4v) is 22.1. The second kappa shape index (κ2) is 18.5. The van der Waals surface area contributed by atoms with Gasteiger partial charge in [0.15, 0.2) is 8.07 Å². The molecule has 0 unspecified atom stereocenters. The molecule has 0 saturated heterocycles. The van der Waals surface area contributed by atoms with E-state index in [2.05, 4.69) is 326 Å². The van der Waals surface area contributed by atoms with Gasteiger partial charge in [0.2, 0.25) is 0 Å². The molecule has 1 spiro atoms. The van der Waals surface area contributed by atoms with E-state index in [9.17, 15) is 0 Å². The predicted octanol–water partition coefficient (Wildman–Crippen LogP) is 18.5. The van der Waals surface area contributed by atoms with Crippen molar-refractivity contribution in [2.24, 2.45) is 0 Å². The van der Waals surface area contributed by atoms with E-state index in [4.69, 9.17) is 0 Å². The maximum absolute atomic E-state index is 3.23. The number of aromatic nitrogens is 2. The summed E-state index contributed by atoms with van der Waals surface area (Å²) in [4.78, 5) is 2.64. The van der Waals surface area contributed by atoms with Crippen molar-refractivity contribution in [2.75, 3.05) is 4.90 Å². The summed E-state index contributed by atoms with van der Waals surface area (Å²) < 4.78 is 5.61. The van der Waals surface area contributed by atoms with Crippen LogP contribution >= 0.6 is 0 Å². The first-order valence-electron chi connectivity index (χ1n) is 34.0. The van der Waals surface area contributed by atoms with E-state index in [0.717, 1.165) is 5.69 Å². The number of rotatable bonds is 3. The Morgan fingerprint density at radius 1 is 0.319 bits per heavy atom. The Morgan fingerprint density at radius 3 is 1.30 bits per heavy atom. The average Bonchev–Trinajstić information content (AvgIpc) is 1.53. The summed E-state index contributed by atoms with van der Waals surface area (Å²) in [6.45, 7) is 57.4. The molecule has 11 aromatic rings. The van der Waals surface area contributed by atoms with Crippen LogP contribution < -0.4 is 42.0 Å². The summed E-state index contributed by atoms with van der Waals surface area (Å²) in [5.74, 6) is 0. The molecule has 15 rings (SSSR count). The fraction of sp³-hybridized carbons (Fsp3) is 0.372. The maximum Gasteiger partial charge on any atom is 0.252 e. The molecule has 2 aromatic heterocycles. The van der Waals surface area contributed by atoms with Gasteiger partial charge in [-0.2, -0.15) is 0 Å². The van der Waals surface area contributed by atoms with Crippen LogP contribution in [-0.2, 0) is 43.3 Å². The van der Waals surface area contributed by atoms with Crippen LogP contribution in [0.15, 0.2) is 146 Å². The molecule has 0 atom stereocenters. The smallest absolute Gasteiger partial charge is 0.252 e. The van der Waals surface area contributed by atoms with Gasteiger partial charge in [-0.1, -0.05) is 251 Å². The first-order valence-corrected chi connectivity index (χ1v) is 36.0. The summed E-state index contributed by atoms with van der Waals surface area (Å²) in [6, 6.07) is 61.0. The molecule has 462 valence electrons. The van der Waals surface area contributed by atoms with Gasteiger partial charge in [0, 0.05) is 49.8 Å². The van der Waals surface area contributed by atoms with Crippen molar-refractivity contribution < 1.29 is 0 Å². The van der Waals surface area contributed by atoms with E-state index >= 15 is 0 Å². The van der Waals surface area contributed by atoms with E-state index in [1.807, 2.05) is 0 Å². The molecule has 91 heavy (non-hydrogen) atoms. The standard InChI is InChI=1S/C86H96BN3Si/c1-79(2,3)49-25-30-57(31-26-49)88(58-40-53(83(13,14)15)39-54(41-58)84(16,17)18)67-36-34-64-77-73(67)63-42-50(80(4,5)6)29-35-66(63)89(77)68-37-38-69-78-74(68)87(64)65-45-55(85(19,20)21)43-61-62-44-56(86(22,23)24)48-72(76(62)90(78)75(61)65)91(69)70-46-51(81(7,8)9)27-32-59(70)60-33-28-52(47-71(60)91)82(10,11)12/h25-48H,1-24H3. The van der Waals surface area contributed by atoms with Crippen LogP contribution in [0.1, 0.15) is 211 Å². The zero-order chi connectivity index (χ0) is 65.1. The highest BCUT2D eigenvalue weighted by molar-refractivity contribution is 7.24. The largest absolute Gasteiger partial charge is 0.310 e. The molecule has 0 aliphatic carbocycles. The minimum absolute atomic E-state index is 0.000537. The van der Waals surface area contributed by atoms with E-state index in [1.165, 1.54) is 144 Å². The minimum Gasteiger partial charge on any atom is -0.310 e.